The minimum absolute atomic E-state index is 0.281. The zero-order valence-electron chi connectivity index (χ0n) is 14.9. The molecule has 1 aliphatic heterocycles. The predicted octanol–water partition coefficient (Wildman–Crippen LogP) is 3.55. The zero-order chi connectivity index (χ0) is 17.3. The van der Waals surface area contributed by atoms with Gasteiger partial charge >= 0.3 is 8.56 Å². The molecule has 2 aliphatic rings. The molecule has 0 saturated carbocycles. The molecule has 3 rings (SSSR count). The van der Waals surface area contributed by atoms with E-state index < -0.39 is 14.7 Å². The molecule has 24 heavy (non-hydrogen) atoms. The summed E-state index contributed by atoms with van der Waals surface area (Å²) >= 11 is 0. The molecule has 1 aromatic rings. The molecule has 1 aromatic carbocycles. The van der Waals surface area contributed by atoms with E-state index in [-0.39, 0.29) is 12.2 Å². The molecule has 1 N–H and O–H groups in total. The molecular weight excluding hydrogens is 320 g/mol. The van der Waals surface area contributed by atoms with Gasteiger partial charge in [-0.05, 0) is 28.3 Å². The molecule has 4 nitrogen and oxygen atoms in total. The van der Waals surface area contributed by atoms with Crippen LogP contribution in [0.5, 0.6) is 0 Å². The van der Waals surface area contributed by atoms with Gasteiger partial charge in [-0.15, -0.1) is 0 Å². The molecule has 0 bridgehead atoms. The summed E-state index contributed by atoms with van der Waals surface area (Å²) < 4.78 is 18.6. The van der Waals surface area contributed by atoms with Gasteiger partial charge in [0.25, 0.3) is 0 Å². The summed E-state index contributed by atoms with van der Waals surface area (Å²) in [6, 6.07) is 10.0. The second-order valence-electron chi connectivity index (χ2n) is 7.35. The topological polar surface area (TPSA) is 47.9 Å². The van der Waals surface area contributed by atoms with E-state index in [1.54, 1.807) is 0 Å². The highest BCUT2D eigenvalue weighted by Gasteiger charge is 2.53. The van der Waals surface area contributed by atoms with Crippen molar-refractivity contribution in [1.82, 2.24) is 0 Å². The number of rotatable bonds is 5. The van der Waals surface area contributed by atoms with Crippen LogP contribution >= 0.6 is 0 Å². The minimum Gasteiger partial charge on any atom is -0.390 e. The molecule has 0 aromatic heterocycles. The zero-order valence-corrected chi connectivity index (χ0v) is 15.9. The number of aliphatic hydroxyl groups is 1. The van der Waals surface area contributed by atoms with Crippen molar-refractivity contribution in [3.05, 3.63) is 47.5 Å². The molecule has 0 amide bonds. The largest absolute Gasteiger partial charge is 0.390 e. The molecule has 5 heteroatoms. The summed E-state index contributed by atoms with van der Waals surface area (Å²) in [5, 5.41) is 10.7. The molecule has 1 fully saturated rings. The summed E-state index contributed by atoms with van der Waals surface area (Å²) in [5.41, 5.74) is 2.80. The van der Waals surface area contributed by atoms with E-state index in [1.807, 2.05) is 36.4 Å². The molecule has 0 radical (unpaired) electrons. The second kappa shape index (κ2) is 7.10. The van der Waals surface area contributed by atoms with Crippen LogP contribution in [0.1, 0.15) is 33.3 Å². The van der Waals surface area contributed by atoms with Crippen molar-refractivity contribution < 1.29 is 18.7 Å². The molecule has 1 heterocycles. The standard InChI is InChI=1S/C19H28O4Si/c1-13(2)24(14(3)4)22-12-16-10-17(18(20)19(16)23-24)21-11-15-8-6-5-7-9-15/h5-10,13-14,17-20H,11-12H2,1-4H3/t17-,18?,19-/m0/s1. The second-order valence-corrected chi connectivity index (χ2v) is 11.6. The Kier molecular flexibility index (Phi) is 5.27. The van der Waals surface area contributed by atoms with Crippen LogP contribution in [0.4, 0.5) is 0 Å². The van der Waals surface area contributed by atoms with Crippen molar-refractivity contribution in [2.75, 3.05) is 6.61 Å². The smallest absolute Gasteiger partial charge is 0.344 e. The van der Waals surface area contributed by atoms with Crippen LogP contribution in [-0.2, 0) is 20.2 Å². The van der Waals surface area contributed by atoms with Gasteiger partial charge in [0.1, 0.15) is 12.2 Å². The van der Waals surface area contributed by atoms with E-state index in [9.17, 15) is 5.11 Å². The number of hydrogen-bond donors (Lipinski definition) is 1. The minimum atomic E-state index is -2.34. The van der Waals surface area contributed by atoms with Crippen LogP contribution in [-0.4, -0.2) is 38.6 Å². The van der Waals surface area contributed by atoms with Gasteiger partial charge in [0.05, 0.1) is 19.3 Å². The maximum atomic E-state index is 10.7. The van der Waals surface area contributed by atoms with Gasteiger partial charge in [-0.2, -0.15) is 0 Å². The Morgan fingerprint density at radius 2 is 1.83 bits per heavy atom. The third-order valence-corrected chi connectivity index (χ3v) is 9.50. The van der Waals surface area contributed by atoms with E-state index in [0.29, 0.717) is 24.3 Å². The van der Waals surface area contributed by atoms with Gasteiger partial charge in [0.2, 0.25) is 0 Å². The highest BCUT2D eigenvalue weighted by Crippen LogP contribution is 2.42. The molecule has 1 aliphatic carbocycles. The average molecular weight is 349 g/mol. The van der Waals surface area contributed by atoms with Crippen molar-refractivity contribution in [2.45, 2.75) is 63.7 Å². The fourth-order valence-corrected chi connectivity index (χ4v) is 7.38. The van der Waals surface area contributed by atoms with Crippen LogP contribution < -0.4 is 0 Å². The summed E-state index contributed by atoms with van der Waals surface area (Å²) in [6.45, 7) is 9.67. The molecular formula is C19H28O4Si. The summed E-state index contributed by atoms with van der Waals surface area (Å²) in [7, 11) is -2.34. The quantitative estimate of drug-likeness (QED) is 0.653. The fraction of sp³-hybridized carbons (Fsp3) is 0.579. The Bertz CT molecular complexity index is 576. The summed E-state index contributed by atoms with van der Waals surface area (Å²) in [5.74, 6) is 0. The highest BCUT2D eigenvalue weighted by atomic mass is 28.4. The van der Waals surface area contributed by atoms with Gasteiger partial charge in [-0.1, -0.05) is 58.0 Å². The van der Waals surface area contributed by atoms with E-state index in [4.69, 9.17) is 13.6 Å². The number of fused-ring (bicyclic) bond motifs is 1. The number of aliphatic hydroxyl groups excluding tert-OH is 1. The van der Waals surface area contributed by atoms with Crippen LogP contribution in [0.15, 0.2) is 42.0 Å². The monoisotopic (exact) mass is 348 g/mol. The Morgan fingerprint density at radius 1 is 1.17 bits per heavy atom. The first-order chi connectivity index (χ1) is 11.4. The Hall–Kier alpha value is -0.983. The normalized spacial score (nSPS) is 29.0. The van der Waals surface area contributed by atoms with Crippen LogP contribution in [0, 0.1) is 0 Å². The summed E-state index contributed by atoms with van der Waals surface area (Å²) in [6.07, 6.45) is 0.711. The van der Waals surface area contributed by atoms with Gasteiger partial charge < -0.3 is 18.7 Å². The molecule has 3 atom stereocenters. The summed E-state index contributed by atoms with van der Waals surface area (Å²) in [4.78, 5) is 0. The lowest BCUT2D eigenvalue weighted by Gasteiger charge is -2.44. The van der Waals surface area contributed by atoms with Crippen molar-refractivity contribution in [3.8, 4) is 0 Å². The van der Waals surface area contributed by atoms with E-state index in [2.05, 4.69) is 27.7 Å². The van der Waals surface area contributed by atoms with Crippen molar-refractivity contribution in [3.63, 3.8) is 0 Å². The Labute approximate surface area is 145 Å². The fourth-order valence-electron chi connectivity index (χ4n) is 3.69. The lowest BCUT2D eigenvalue weighted by molar-refractivity contribution is -0.0617. The Balaban J connectivity index is 1.69. The molecule has 132 valence electrons. The van der Waals surface area contributed by atoms with Gasteiger partial charge in [-0.25, -0.2) is 0 Å². The molecule has 1 unspecified atom stereocenters. The highest BCUT2D eigenvalue weighted by molar-refractivity contribution is 6.70. The first-order valence-corrected chi connectivity index (χ1v) is 10.8. The van der Waals surface area contributed by atoms with E-state index in [1.165, 1.54) is 0 Å². The van der Waals surface area contributed by atoms with Crippen molar-refractivity contribution in [2.24, 2.45) is 0 Å². The van der Waals surface area contributed by atoms with Gasteiger partial charge in [0.15, 0.2) is 0 Å². The van der Waals surface area contributed by atoms with E-state index >= 15 is 0 Å². The SMILES string of the molecule is CC(C)[Si]1(C(C)C)OCC2=C[C@H](OCc3ccccc3)C(O)[C@H]2O1. The Morgan fingerprint density at radius 3 is 2.46 bits per heavy atom. The maximum absolute atomic E-state index is 10.7. The number of ether oxygens (including phenoxy) is 1. The number of benzene rings is 1. The van der Waals surface area contributed by atoms with E-state index in [0.717, 1.165) is 11.1 Å². The number of hydrogen-bond acceptors (Lipinski definition) is 4. The van der Waals surface area contributed by atoms with Crippen LogP contribution in [0.2, 0.25) is 11.1 Å². The van der Waals surface area contributed by atoms with Crippen molar-refractivity contribution >= 4 is 8.56 Å². The lowest BCUT2D eigenvalue weighted by atomic mass is 10.1. The average Bonchev–Trinajstić information content (AvgIpc) is 2.89. The predicted molar refractivity (Wildman–Crippen MR) is 95.9 cm³/mol. The maximum Gasteiger partial charge on any atom is 0.344 e. The first-order valence-electron chi connectivity index (χ1n) is 8.80. The van der Waals surface area contributed by atoms with Gasteiger partial charge in [0, 0.05) is 0 Å². The van der Waals surface area contributed by atoms with Gasteiger partial charge in [-0.3, -0.25) is 0 Å². The van der Waals surface area contributed by atoms with Crippen molar-refractivity contribution in [1.29, 1.82) is 0 Å². The first kappa shape index (κ1) is 17.8. The lowest BCUT2D eigenvalue weighted by Crippen LogP contribution is -2.57. The molecule has 1 saturated heterocycles. The molecule has 0 spiro atoms. The van der Waals surface area contributed by atoms with Crippen LogP contribution in [0.3, 0.4) is 0 Å². The third kappa shape index (κ3) is 3.24. The van der Waals surface area contributed by atoms with Crippen LogP contribution in [0.25, 0.3) is 0 Å². The third-order valence-electron chi connectivity index (χ3n) is 5.06.